The molecule has 0 saturated carbocycles. The van der Waals surface area contributed by atoms with Gasteiger partial charge in [0, 0.05) is 22.4 Å². The zero-order chi connectivity index (χ0) is 16.7. The molecule has 0 aliphatic heterocycles. The summed E-state index contributed by atoms with van der Waals surface area (Å²) in [5.74, 6) is 0.143. The molecule has 2 aromatic carbocycles. The number of hydrogen-bond donors (Lipinski definition) is 0. The van der Waals surface area contributed by atoms with Crippen molar-refractivity contribution in [3.8, 4) is 5.75 Å². The van der Waals surface area contributed by atoms with E-state index in [0.29, 0.717) is 34.4 Å². The highest BCUT2D eigenvalue weighted by Crippen LogP contribution is 2.32. The van der Waals surface area contributed by atoms with Gasteiger partial charge in [0.05, 0.1) is 0 Å². The molecule has 120 valence electrons. The maximum absolute atomic E-state index is 11.0. The van der Waals surface area contributed by atoms with Crippen LogP contribution >= 0.6 is 23.2 Å². The molecule has 23 heavy (non-hydrogen) atoms. The van der Waals surface area contributed by atoms with Gasteiger partial charge < -0.3 is 14.3 Å². The van der Waals surface area contributed by atoms with Crippen LogP contribution in [0.25, 0.3) is 0 Å². The zero-order valence-electron chi connectivity index (χ0n) is 12.4. The molecule has 0 fully saturated rings. The SMILES string of the molecule is O=CCC(C=O)Cc1c(Cl)cc(OCc2ccccc2)cc1Cl. The van der Waals surface area contributed by atoms with Crippen LogP contribution in [-0.4, -0.2) is 12.6 Å². The second kappa shape index (κ2) is 8.70. The summed E-state index contributed by atoms with van der Waals surface area (Å²) >= 11 is 12.5. The van der Waals surface area contributed by atoms with Crippen molar-refractivity contribution in [3.05, 3.63) is 63.6 Å². The minimum absolute atomic E-state index is 0.155. The van der Waals surface area contributed by atoms with Crippen molar-refractivity contribution in [1.82, 2.24) is 0 Å². The number of halogens is 2. The highest BCUT2D eigenvalue weighted by Gasteiger charge is 2.15. The van der Waals surface area contributed by atoms with Crippen LogP contribution in [-0.2, 0) is 22.6 Å². The van der Waals surface area contributed by atoms with Gasteiger partial charge >= 0.3 is 0 Å². The van der Waals surface area contributed by atoms with E-state index in [1.165, 1.54) is 0 Å². The third-order valence-electron chi connectivity index (χ3n) is 3.42. The first kappa shape index (κ1) is 17.5. The maximum Gasteiger partial charge on any atom is 0.123 e. The molecule has 0 saturated heterocycles. The Morgan fingerprint density at radius 3 is 2.26 bits per heavy atom. The standard InChI is InChI=1S/C18H16Cl2O3/c19-17-9-15(23-12-13-4-2-1-3-5-13)10-18(20)16(17)8-14(11-22)6-7-21/h1-5,7,9-11,14H,6,8,12H2. The van der Waals surface area contributed by atoms with Crippen molar-refractivity contribution in [2.24, 2.45) is 5.92 Å². The summed E-state index contributed by atoms with van der Waals surface area (Å²) < 4.78 is 5.69. The van der Waals surface area contributed by atoms with Crippen molar-refractivity contribution in [3.63, 3.8) is 0 Å². The number of carbonyl (C=O) groups excluding carboxylic acids is 2. The molecule has 0 bridgehead atoms. The van der Waals surface area contributed by atoms with E-state index in [9.17, 15) is 9.59 Å². The Kier molecular flexibility index (Phi) is 6.63. The molecule has 5 heteroatoms. The molecule has 0 amide bonds. The Hall–Kier alpha value is -1.84. The Labute approximate surface area is 145 Å². The smallest absolute Gasteiger partial charge is 0.123 e. The predicted octanol–water partition coefficient (Wildman–Crippen LogP) is 4.52. The van der Waals surface area contributed by atoms with Crippen molar-refractivity contribution in [2.45, 2.75) is 19.4 Å². The van der Waals surface area contributed by atoms with E-state index in [0.717, 1.165) is 18.1 Å². The predicted molar refractivity (Wildman–Crippen MR) is 91.2 cm³/mol. The van der Waals surface area contributed by atoms with Gasteiger partial charge in [-0.05, 0) is 29.7 Å². The molecule has 0 aromatic heterocycles. The third-order valence-corrected chi connectivity index (χ3v) is 4.10. The number of ether oxygens (including phenoxy) is 1. The normalized spacial score (nSPS) is 11.7. The van der Waals surface area contributed by atoms with E-state index < -0.39 is 5.92 Å². The molecular weight excluding hydrogens is 335 g/mol. The molecule has 2 aromatic rings. The summed E-state index contributed by atoms with van der Waals surface area (Å²) in [6.07, 6.45) is 1.96. The van der Waals surface area contributed by atoms with Gasteiger partial charge in [-0.15, -0.1) is 0 Å². The van der Waals surface area contributed by atoms with Crippen LogP contribution in [0.15, 0.2) is 42.5 Å². The monoisotopic (exact) mass is 350 g/mol. The first-order valence-corrected chi connectivity index (χ1v) is 7.93. The lowest BCUT2D eigenvalue weighted by atomic mass is 9.98. The van der Waals surface area contributed by atoms with Gasteiger partial charge in [-0.25, -0.2) is 0 Å². The fourth-order valence-electron chi connectivity index (χ4n) is 2.17. The van der Waals surface area contributed by atoms with Crippen LogP contribution in [0, 0.1) is 5.92 Å². The molecule has 1 atom stereocenters. The minimum atomic E-state index is -0.418. The number of aldehydes is 2. The second-order valence-electron chi connectivity index (χ2n) is 5.14. The summed E-state index contributed by atoms with van der Waals surface area (Å²) in [5.41, 5.74) is 1.69. The van der Waals surface area contributed by atoms with Gasteiger partial charge in [-0.2, -0.15) is 0 Å². The van der Waals surface area contributed by atoms with Crippen LogP contribution < -0.4 is 4.74 Å². The largest absolute Gasteiger partial charge is 0.489 e. The molecule has 0 heterocycles. The zero-order valence-corrected chi connectivity index (χ0v) is 13.9. The first-order valence-electron chi connectivity index (χ1n) is 7.17. The van der Waals surface area contributed by atoms with E-state index >= 15 is 0 Å². The highest BCUT2D eigenvalue weighted by atomic mass is 35.5. The molecule has 2 rings (SSSR count). The van der Waals surface area contributed by atoms with Gasteiger partial charge in [0.1, 0.15) is 24.9 Å². The van der Waals surface area contributed by atoms with Crippen molar-refractivity contribution in [1.29, 1.82) is 0 Å². The fraction of sp³-hybridized carbons (Fsp3) is 0.222. The quantitative estimate of drug-likeness (QED) is 0.657. The summed E-state index contributed by atoms with van der Waals surface area (Å²) in [6.45, 7) is 0.412. The Balaban J connectivity index is 2.10. The molecule has 1 unspecified atom stereocenters. The number of rotatable bonds is 8. The Morgan fingerprint density at radius 2 is 1.70 bits per heavy atom. The van der Waals surface area contributed by atoms with Crippen molar-refractivity contribution < 1.29 is 14.3 Å². The summed E-state index contributed by atoms with van der Waals surface area (Å²) in [4.78, 5) is 21.5. The van der Waals surface area contributed by atoms with E-state index in [2.05, 4.69) is 0 Å². The van der Waals surface area contributed by atoms with E-state index in [4.69, 9.17) is 27.9 Å². The molecule has 0 spiro atoms. The van der Waals surface area contributed by atoms with Gasteiger partial charge in [0.25, 0.3) is 0 Å². The summed E-state index contributed by atoms with van der Waals surface area (Å²) in [5, 5.41) is 0.858. The molecule has 0 radical (unpaired) electrons. The van der Waals surface area contributed by atoms with Crippen molar-refractivity contribution in [2.75, 3.05) is 0 Å². The molecular formula is C18H16Cl2O3. The topological polar surface area (TPSA) is 43.4 Å². The Morgan fingerprint density at radius 1 is 1.04 bits per heavy atom. The molecule has 0 aliphatic carbocycles. The van der Waals surface area contributed by atoms with Crippen LogP contribution in [0.4, 0.5) is 0 Å². The van der Waals surface area contributed by atoms with Crippen LogP contribution in [0.2, 0.25) is 10.0 Å². The van der Waals surface area contributed by atoms with E-state index in [1.54, 1.807) is 12.1 Å². The lowest BCUT2D eigenvalue weighted by Crippen LogP contribution is -2.08. The summed E-state index contributed by atoms with van der Waals surface area (Å²) in [6, 6.07) is 13.1. The van der Waals surface area contributed by atoms with Crippen molar-refractivity contribution >= 4 is 35.8 Å². The fourth-order valence-corrected chi connectivity index (χ4v) is 2.79. The third kappa shape index (κ3) is 5.08. The molecule has 3 nitrogen and oxygen atoms in total. The van der Waals surface area contributed by atoms with Gasteiger partial charge in [0.2, 0.25) is 0 Å². The average molecular weight is 351 g/mol. The molecule has 0 N–H and O–H groups in total. The highest BCUT2D eigenvalue weighted by molar-refractivity contribution is 6.36. The number of carbonyl (C=O) groups is 2. The van der Waals surface area contributed by atoms with E-state index in [-0.39, 0.29) is 6.42 Å². The van der Waals surface area contributed by atoms with E-state index in [1.807, 2.05) is 30.3 Å². The van der Waals surface area contributed by atoms with Crippen LogP contribution in [0.1, 0.15) is 17.5 Å². The van der Waals surface area contributed by atoms with Gasteiger partial charge in [-0.3, -0.25) is 0 Å². The van der Waals surface area contributed by atoms with Crippen LogP contribution in [0.5, 0.6) is 5.75 Å². The lowest BCUT2D eigenvalue weighted by Gasteiger charge is -2.13. The van der Waals surface area contributed by atoms with Gasteiger partial charge in [0.15, 0.2) is 0 Å². The molecule has 0 aliphatic rings. The second-order valence-corrected chi connectivity index (χ2v) is 5.96. The Bertz CT molecular complexity index is 648. The number of hydrogen-bond acceptors (Lipinski definition) is 3. The van der Waals surface area contributed by atoms with Crippen LogP contribution in [0.3, 0.4) is 0 Å². The van der Waals surface area contributed by atoms with Gasteiger partial charge in [-0.1, -0.05) is 53.5 Å². The minimum Gasteiger partial charge on any atom is -0.489 e. The maximum atomic E-state index is 11.0. The first-order chi connectivity index (χ1) is 11.1. The lowest BCUT2D eigenvalue weighted by molar-refractivity contribution is -0.115. The average Bonchev–Trinajstić information content (AvgIpc) is 2.56. The number of benzene rings is 2. The summed E-state index contributed by atoms with van der Waals surface area (Å²) in [7, 11) is 0.